The van der Waals surface area contributed by atoms with Crippen LogP contribution < -0.4 is 0 Å². The van der Waals surface area contributed by atoms with E-state index in [2.05, 4.69) is 4.98 Å². The maximum Gasteiger partial charge on any atom is 0.341 e. The number of sulfonamides is 1. The Morgan fingerprint density at radius 3 is 2.31 bits per heavy atom. The van der Waals surface area contributed by atoms with Gasteiger partial charge in [0.15, 0.2) is 0 Å². The van der Waals surface area contributed by atoms with Gasteiger partial charge in [0.2, 0.25) is 10.0 Å². The van der Waals surface area contributed by atoms with Gasteiger partial charge in [0.25, 0.3) is 0 Å². The molecule has 7 heteroatoms. The predicted octanol–water partition coefficient (Wildman–Crippen LogP) is 3.41. The number of H-pyrrole nitrogens is 1. The Labute approximate surface area is 155 Å². The third kappa shape index (κ3) is 3.99. The molecule has 0 atom stereocenters. The molecule has 1 aromatic heterocycles. The molecule has 1 N–H and O–H groups in total. The third-order valence-corrected chi connectivity index (χ3v) is 6.32. The minimum absolute atomic E-state index is 0.00178. The molecule has 2 aromatic rings. The zero-order valence-electron chi connectivity index (χ0n) is 15.9. The van der Waals surface area contributed by atoms with Crippen LogP contribution in [0, 0.1) is 13.8 Å². The molecule has 0 unspecified atom stereocenters. The molecule has 26 heavy (non-hydrogen) atoms. The topological polar surface area (TPSA) is 79.5 Å². The Bertz CT molecular complexity index is 870. The van der Waals surface area contributed by atoms with E-state index in [4.69, 9.17) is 4.74 Å². The second-order valence-electron chi connectivity index (χ2n) is 6.43. The lowest BCUT2D eigenvalue weighted by Gasteiger charge is -2.26. The van der Waals surface area contributed by atoms with Crippen LogP contribution in [-0.2, 0) is 21.3 Å². The van der Waals surface area contributed by atoms with Crippen LogP contribution in [0.1, 0.15) is 48.1 Å². The van der Waals surface area contributed by atoms with E-state index >= 15 is 0 Å². The van der Waals surface area contributed by atoms with Crippen molar-refractivity contribution < 1.29 is 17.9 Å². The van der Waals surface area contributed by atoms with E-state index in [0.29, 0.717) is 11.4 Å². The molecule has 0 fully saturated rings. The summed E-state index contributed by atoms with van der Waals surface area (Å²) in [6, 6.07) is 9.12. The van der Waals surface area contributed by atoms with Crippen molar-refractivity contribution in [3.63, 3.8) is 0 Å². The standard InChI is InChI=1S/C19H26N2O4S/c1-6-25-19(22)17-14(4)20-15(5)18(17)26(23,24)21(13(2)3)12-16-10-8-7-9-11-16/h7-11,13,20H,6,12H2,1-5H3. The van der Waals surface area contributed by atoms with Crippen molar-refractivity contribution in [1.82, 2.24) is 9.29 Å². The normalized spacial score (nSPS) is 12.0. The molecule has 142 valence electrons. The minimum atomic E-state index is -3.90. The van der Waals surface area contributed by atoms with Gasteiger partial charge in [0, 0.05) is 24.0 Å². The molecule has 0 saturated heterocycles. The number of nitrogens with zero attached hydrogens (tertiary/aromatic N) is 1. The Balaban J connectivity index is 2.55. The summed E-state index contributed by atoms with van der Waals surface area (Å²) >= 11 is 0. The fourth-order valence-electron chi connectivity index (χ4n) is 2.96. The number of aromatic amines is 1. The average Bonchev–Trinajstić information content (AvgIpc) is 2.88. The number of aryl methyl sites for hydroxylation is 2. The van der Waals surface area contributed by atoms with Crippen LogP contribution in [0.3, 0.4) is 0 Å². The quantitative estimate of drug-likeness (QED) is 0.749. The van der Waals surface area contributed by atoms with Crippen LogP contribution in [-0.4, -0.2) is 36.3 Å². The first-order valence-corrected chi connectivity index (χ1v) is 10.1. The van der Waals surface area contributed by atoms with Gasteiger partial charge in [-0.25, -0.2) is 13.2 Å². The Hall–Kier alpha value is -2.12. The first-order chi connectivity index (χ1) is 12.2. The number of hydrogen-bond acceptors (Lipinski definition) is 4. The van der Waals surface area contributed by atoms with Crippen molar-refractivity contribution in [3.05, 3.63) is 52.8 Å². The highest BCUT2D eigenvalue weighted by atomic mass is 32.2. The molecule has 1 aromatic carbocycles. The van der Waals surface area contributed by atoms with Crippen molar-refractivity contribution in [2.75, 3.05) is 6.61 Å². The van der Waals surface area contributed by atoms with E-state index in [1.54, 1.807) is 20.8 Å². The van der Waals surface area contributed by atoms with Gasteiger partial charge >= 0.3 is 5.97 Å². The van der Waals surface area contributed by atoms with Gasteiger partial charge in [-0.05, 0) is 40.2 Å². The Morgan fingerprint density at radius 2 is 1.77 bits per heavy atom. The molecule has 1 heterocycles. The van der Waals surface area contributed by atoms with Crippen LogP contribution in [0.5, 0.6) is 0 Å². The lowest BCUT2D eigenvalue weighted by Crippen LogP contribution is -2.37. The SMILES string of the molecule is CCOC(=O)c1c(C)[nH]c(C)c1S(=O)(=O)N(Cc1ccccc1)C(C)C. The van der Waals surface area contributed by atoms with Crippen LogP contribution in [0.2, 0.25) is 0 Å². The molecule has 0 bridgehead atoms. The smallest absolute Gasteiger partial charge is 0.341 e. The maximum atomic E-state index is 13.4. The molecular weight excluding hydrogens is 352 g/mol. The molecule has 0 aliphatic heterocycles. The molecule has 0 spiro atoms. The van der Waals surface area contributed by atoms with Crippen molar-refractivity contribution in [1.29, 1.82) is 0 Å². The van der Waals surface area contributed by atoms with E-state index in [-0.39, 0.29) is 29.7 Å². The van der Waals surface area contributed by atoms with Gasteiger partial charge in [-0.1, -0.05) is 30.3 Å². The zero-order chi connectivity index (χ0) is 19.5. The van der Waals surface area contributed by atoms with Crippen molar-refractivity contribution in [2.24, 2.45) is 0 Å². The van der Waals surface area contributed by atoms with Gasteiger partial charge in [-0.3, -0.25) is 0 Å². The minimum Gasteiger partial charge on any atom is -0.462 e. The van der Waals surface area contributed by atoms with E-state index in [1.807, 2.05) is 44.2 Å². The van der Waals surface area contributed by atoms with E-state index in [9.17, 15) is 13.2 Å². The molecule has 6 nitrogen and oxygen atoms in total. The van der Waals surface area contributed by atoms with Crippen LogP contribution in [0.15, 0.2) is 35.2 Å². The van der Waals surface area contributed by atoms with E-state index in [1.165, 1.54) is 4.31 Å². The monoisotopic (exact) mass is 378 g/mol. The first-order valence-electron chi connectivity index (χ1n) is 8.62. The number of carbonyl (C=O) groups is 1. The lowest BCUT2D eigenvalue weighted by molar-refractivity contribution is 0.0521. The fraction of sp³-hybridized carbons (Fsp3) is 0.421. The number of benzene rings is 1. The summed E-state index contributed by atoms with van der Waals surface area (Å²) < 4.78 is 33.4. The summed E-state index contributed by atoms with van der Waals surface area (Å²) in [5.74, 6) is -0.628. The van der Waals surface area contributed by atoms with Crippen molar-refractivity contribution in [3.8, 4) is 0 Å². The van der Waals surface area contributed by atoms with Gasteiger partial charge in [0.05, 0.1) is 6.61 Å². The van der Waals surface area contributed by atoms with Crippen LogP contribution >= 0.6 is 0 Å². The predicted molar refractivity (Wildman–Crippen MR) is 101 cm³/mol. The second kappa shape index (κ2) is 8.05. The number of carbonyl (C=O) groups excluding carboxylic acids is 1. The Kier molecular flexibility index (Phi) is 6.26. The zero-order valence-corrected chi connectivity index (χ0v) is 16.7. The molecule has 0 radical (unpaired) electrons. The fourth-order valence-corrected chi connectivity index (χ4v) is 5.00. The highest BCUT2D eigenvalue weighted by Gasteiger charge is 2.35. The summed E-state index contributed by atoms with van der Waals surface area (Å²) in [5.41, 5.74) is 1.89. The second-order valence-corrected chi connectivity index (χ2v) is 8.26. The molecule has 0 aliphatic carbocycles. The Morgan fingerprint density at radius 1 is 1.15 bits per heavy atom. The van der Waals surface area contributed by atoms with Gasteiger partial charge < -0.3 is 9.72 Å². The molecular formula is C19H26N2O4S. The number of esters is 1. The molecule has 0 saturated carbocycles. The lowest BCUT2D eigenvalue weighted by atomic mass is 10.2. The number of ether oxygens (including phenoxy) is 1. The summed E-state index contributed by atoms with van der Waals surface area (Å²) in [4.78, 5) is 15.3. The van der Waals surface area contributed by atoms with Gasteiger partial charge in [-0.2, -0.15) is 4.31 Å². The van der Waals surface area contributed by atoms with Crippen LogP contribution in [0.25, 0.3) is 0 Å². The van der Waals surface area contributed by atoms with Crippen LogP contribution in [0.4, 0.5) is 0 Å². The number of hydrogen-bond donors (Lipinski definition) is 1. The number of rotatable bonds is 7. The van der Waals surface area contributed by atoms with Crippen molar-refractivity contribution in [2.45, 2.75) is 52.1 Å². The maximum absolute atomic E-state index is 13.4. The largest absolute Gasteiger partial charge is 0.462 e. The molecule has 0 aliphatic rings. The first kappa shape index (κ1) is 20.2. The highest BCUT2D eigenvalue weighted by molar-refractivity contribution is 7.89. The number of nitrogens with one attached hydrogen (secondary N) is 1. The summed E-state index contributed by atoms with van der Waals surface area (Å²) in [5, 5.41) is 0. The highest BCUT2D eigenvalue weighted by Crippen LogP contribution is 2.29. The summed E-state index contributed by atoms with van der Waals surface area (Å²) in [7, 11) is -3.90. The van der Waals surface area contributed by atoms with Crippen molar-refractivity contribution >= 4 is 16.0 Å². The van der Waals surface area contributed by atoms with E-state index < -0.39 is 16.0 Å². The number of aromatic nitrogens is 1. The average molecular weight is 378 g/mol. The van der Waals surface area contributed by atoms with Gasteiger partial charge in [0.1, 0.15) is 10.5 Å². The summed E-state index contributed by atoms with van der Waals surface area (Å²) in [6.07, 6.45) is 0. The summed E-state index contributed by atoms with van der Waals surface area (Å²) in [6.45, 7) is 9.07. The third-order valence-electron chi connectivity index (χ3n) is 4.12. The molecule has 0 amide bonds. The van der Waals surface area contributed by atoms with E-state index in [0.717, 1.165) is 5.56 Å². The molecule has 2 rings (SSSR count). The van der Waals surface area contributed by atoms with Gasteiger partial charge in [-0.15, -0.1) is 0 Å².